The number of benzene rings is 2. The molecular weight excluding hydrogens is 305 g/mol. The van der Waals surface area contributed by atoms with E-state index in [0.717, 1.165) is 5.56 Å². The third-order valence-corrected chi connectivity index (χ3v) is 3.57. The molecule has 2 nitrogen and oxygen atoms in total. The van der Waals surface area contributed by atoms with E-state index in [1.807, 2.05) is 13.0 Å². The predicted octanol–water partition coefficient (Wildman–Crippen LogP) is 5.21. The minimum absolute atomic E-state index is 0.325. The van der Waals surface area contributed by atoms with E-state index in [1.165, 1.54) is 6.07 Å². The van der Waals surface area contributed by atoms with Gasteiger partial charge in [-0.25, -0.2) is 0 Å². The van der Waals surface area contributed by atoms with Gasteiger partial charge in [0.15, 0.2) is 0 Å². The van der Waals surface area contributed by atoms with E-state index in [9.17, 15) is 4.79 Å². The maximum atomic E-state index is 12.1. The molecule has 0 radical (unpaired) electrons. The molecule has 0 aliphatic carbocycles. The zero-order valence-corrected chi connectivity index (χ0v) is 12.3. The molecule has 0 bridgehead atoms. The Morgan fingerprint density at radius 2 is 1.74 bits per heavy atom. The van der Waals surface area contributed by atoms with Crippen LogP contribution < -0.4 is 5.32 Å². The summed E-state index contributed by atoms with van der Waals surface area (Å²) in [5, 5.41) is 4.12. The third-order valence-electron chi connectivity index (χ3n) is 2.60. The molecule has 0 unspecified atom stereocenters. The Hall–Kier alpha value is -1.22. The molecule has 0 aromatic heterocycles. The zero-order valence-electron chi connectivity index (χ0n) is 10.0. The van der Waals surface area contributed by atoms with Gasteiger partial charge in [-0.1, -0.05) is 40.9 Å². The van der Waals surface area contributed by atoms with Crippen molar-refractivity contribution in [2.75, 3.05) is 5.32 Å². The van der Waals surface area contributed by atoms with Gasteiger partial charge in [0, 0.05) is 15.7 Å². The lowest BCUT2D eigenvalue weighted by molar-refractivity contribution is 0.102. The Morgan fingerprint density at radius 1 is 1.00 bits per heavy atom. The molecule has 1 N–H and O–H groups in total. The molecule has 2 aromatic rings. The zero-order chi connectivity index (χ0) is 14.0. The predicted molar refractivity (Wildman–Crippen MR) is 80.6 cm³/mol. The van der Waals surface area contributed by atoms with Crippen LogP contribution in [0.3, 0.4) is 0 Å². The molecule has 1 amide bonds. The topological polar surface area (TPSA) is 29.1 Å². The smallest absolute Gasteiger partial charge is 0.257 e. The quantitative estimate of drug-likeness (QED) is 0.810. The Labute approximate surface area is 126 Å². The first-order valence-electron chi connectivity index (χ1n) is 5.50. The number of nitrogens with one attached hydrogen (secondary N) is 1. The van der Waals surface area contributed by atoms with Crippen LogP contribution in [0.4, 0.5) is 5.69 Å². The largest absolute Gasteiger partial charge is 0.322 e. The van der Waals surface area contributed by atoms with E-state index >= 15 is 0 Å². The average Bonchev–Trinajstić information content (AvgIpc) is 2.36. The summed E-state index contributed by atoms with van der Waals surface area (Å²) < 4.78 is 0. The van der Waals surface area contributed by atoms with Gasteiger partial charge in [-0.2, -0.15) is 0 Å². The van der Waals surface area contributed by atoms with E-state index in [2.05, 4.69) is 5.32 Å². The highest BCUT2D eigenvalue weighted by molar-refractivity contribution is 6.36. The van der Waals surface area contributed by atoms with Crippen molar-refractivity contribution in [2.45, 2.75) is 6.92 Å². The van der Waals surface area contributed by atoms with Gasteiger partial charge in [0.2, 0.25) is 0 Å². The maximum Gasteiger partial charge on any atom is 0.257 e. The van der Waals surface area contributed by atoms with Gasteiger partial charge < -0.3 is 5.32 Å². The van der Waals surface area contributed by atoms with E-state index in [-0.39, 0.29) is 5.91 Å². The van der Waals surface area contributed by atoms with E-state index in [0.29, 0.717) is 26.3 Å². The highest BCUT2D eigenvalue weighted by Crippen LogP contribution is 2.24. The lowest BCUT2D eigenvalue weighted by Crippen LogP contribution is -2.12. The van der Waals surface area contributed by atoms with Crippen molar-refractivity contribution in [1.29, 1.82) is 0 Å². The summed E-state index contributed by atoms with van der Waals surface area (Å²) >= 11 is 17.8. The Kier molecular flexibility index (Phi) is 4.35. The molecule has 0 saturated heterocycles. The fourth-order valence-corrected chi connectivity index (χ4v) is 2.10. The van der Waals surface area contributed by atoms with E-state index < -0.39 is 0 Å². The average molecular weight is 315 g/mol. The van der Waals surface area contributed by atoms with Crippen LogP contribution in [0.1, 0.15) is 15.9 Å². The molecule has 0 saturated carbocycles. The maximum absolute atomic E-state index is 12.1. The molecular formula is C14H10Cl3NO. The second kappa shape index (κ2) is 5.83. The molecule has 0 atom stereocenters. The van der Waals surface area contributed by atoms with E-state index in [4.69, 9.17) is 34.8 Å². The Morgan fingerprint density at radius 3 is 2.42 bits per heavy atom. The number of amides is 1. The fraction of sp³-hybridized carbons (Fsp3) is 0.0714. The first-order chi connectivity index (χ1) is 8.97. The second-order valence-electron chi connectivity index (χ2n) is 4.04. The van der Waals surface area contributed by atoms with Crippen molar-refractivity contribution in [3.05, 3.63) is 62.6 Å². The molecule has 2 aromatic carbocycles. The number of aryl methyl sites for hydroxylation is 1. The number of hydrogen-bond donors (Lipinski definition) is 1. The van der Waals surface area contributed by atoms with Crippen LogP contribution in [0.25, 0.3) is 0 Å². The highest BCUT2D eigenvalue weighted by atomic mass is 35.5. The number of hydrogen-bond acceptors (Lipinski definition) is 1. The van der Waals surface area contributed by atoms with Crippen molar-refractivity contribution in [3.63, 3.8) is 0 Å². The lowest BCUT2D eigenvalue weighted by atomic mass is 10.2. The minimum atomic E-state index is -0.326. The second-order valence-corrected chi connectivity index (χ2v) is 5.29. The molecule has 19 heavy (non-hydrogen) atoms. The van der Waals surface area contributed by atoms with Crippen LogP contribution >= 0.6 is 34.8 Å². The number of anilines is 1. The number of halogens is 3. The summed E-state index contributed by atoms with van der Waals surface area (Å²) in [5.74, 6) is -0.326. The fourth-order valence-electron chi connectivity index (χ4n) is 1.54. The molecule has 0 aliphatic rings. The van der Waals surface area contributed by atoms with Crippen LogP contribution in [0.15, 0.2) is 36.4 Å². The van der Waals surface area contributed by atoms with Crippen molar-refractivity contribution >= 4 is 46.4 Å². The molecule has 2 rings (SSSR count). The van der Waals surface area contributed by atoms with Crippen molar-refractivity contribution in [2.24, 2.45) is 0 Å². The highest BCUT2D eigenvalue weighted by Gasteiger charge is 2.11. The first-order valence-corrected chi connectivity index (χ1v) is 6.63. The standard InChI is InChI=1S/C14H10Cl3NO/c1-8-2-4-10(7-13(8)17)18-14(19)11-6-9(15)3-5-12(11)16/h2-7H,1H3,(H,18,19). The molecule has 5 heteroatoms. The van der Waals surface area contributed by atoms with Gasteiger partial charge >= 0.3 is 0 Å². The van der Waals surface area contributed by atoms with Crippen LogP contribution in [-0.4, -0.2) is 5.91 Å². The SMILES string of the molecule is Cc1ccc(NC(=O)c2cc(Cl)ccc2Cl)cc1Cl. The summed E-state index contributed by atoms with van der Waals surface area (Å²) in [6, 6.07) is 10.0. The summed E-state index contributed by atoms with van der Waals surface area (Å²) in [7, 11) is 0. The molecule has 98 valence electrons. The van der Waals surface area contributed by atoms with Crippen molar-refractivity contribution < 1.29 is 4.79 Å². The molecule has 0 spiro atoms. The van der Waals surface area contributed by atoms with Crippen molar-refractivity contribution in [1.82, 2.24) is 0 Å². The molecule has 0 fully saturated rings. The normalized spacial score (nSPS) is 10.3. The van der Waals surface area contributed by atoms with Gasteiger partial charge in [0.05, 0.1) is 10.6 Å². The van der Waals surface area contributed by atoms with Gasteiger partial charge in [0.25, 0.3) is 5.91 Å². The van der Waals surface area contributed by atoms with Gasteiger partial charge in [-0.15, -0.1) is 0 Å². The Balaban J connectivity index is 2.25. The third kappa shape index (κ3) is 3.41. The molecule has 0 aliphatic heterocycles. The van der Waals surface area contributed by atoms with Crippen LogP contribution in [0, 0.1) is 6.92 Å². The van der Waals surface area contributed by atoms with E-state index in [1.54, 1.807) is 24.3 Å². The summed E-state index contributed by atoms with van der Waals surface area (Å²) in [6.07, 6.45) is 0. The first kappa shape index (κ1) is 14.2. The number of carbonyl (C=O) groups is 1. The van der Waals surface area contributed by atoms with Crippen molar-refractivity contribution in [3.8, 4) is 0 Å². The van der Waals surface area contributed by atoms with Gasteiger partial charge in [-0.3, -0.25) is 4.79 Å². The lowest BCUT2D eigenvalue weighted by Gasteiger charge is -2.08. The van der Waals surface area contributed by atoms with Crippen LogP contribution in [-0.2, 0) is 0 Å². The minimum Gasteiger partial charge on any atom is -0.322 e. The number of carbonyl (C=O) groups excluding carboxylic acids is 1. The number of rotatable bonds is 2. The summed E-state index contributed by atoms with van der Waals surface area (Å²) in [4.78, 5) is 12.1. The van der Waals surface area contributed by atoms with Crippen LogP contribution in [0.5, 0.6) is 0 Å². The molecule has 0 heterocycles. The van der Waals surface area contributed by atoms with Gasteiger partial charge in [-0.05, 0) is 42.8 Å². The summed E-state index contributed by atoms with van der Waals surface area (Å²) in [5.41, 5.74) is 1.88. The Bertz CT molecular complexity index is 641. The van der Waals surface area contributed by atoms with Crippen LogP contribution in [0.2, 0.25) is 15.1 Å². The van der Waals surface area contributed by atoms with Gasteiger partial charge in [0.1, 0.15) is 0 Å². The summed E-state index contributed by atoms with van der Waals surface area (Å²) in [6.45, 7) is 1.89. The monoisotopic (exact) mass is 313 g/mol.